The van der Waals surface area contributed by atoms with Gasteiger partial charge in [0, 0.05) is 36.8 Å². The van der Waals surface area contributed by atoms with Crippen LogP contribution in [-0.2, 0) is 11.3 Å². The molecule has 3 nitrogen and oxygen atoms in total. The van der Waals surface area contributed by atoms with Gasteiger partial charge in [-0.3, -0.25) is 4.90 Å². The number of ether oxygens (including phenoxy) is 1. The summed E-state index contributed by atoms with van der Waals surface area (Å²) in [5.74, 6) is 0.690. The summed E-state index contributed by atoms with van der Waals surface area (Å²) < 4.78 is 5.64. The topological polar surface area (TPSA) is 24.5 Å². The van der Waals surface area contributed by atoms with E-state index in [1.165, 1.54) is 24.8 Å². The van der Waals surface area contributed by atoms with E-state index in [0.29, 0.717) is 12.0 Å². The molecule has 0 aliphatic carbocycles. The van der Waals surface area contributed by atoms with Crippen LogP contribution in [0.5, 0.6) is 0 Å². The van der Waals surface area contributed by atoms with Crippen molar-refractivity contribution in [1.82, 2.24) is 10.2 Å². The SMILES string of the molecule is CC1(C)CC(N(Cc2ccccc2)C[C@H]2CCOC2)CC(C)(C)N1. The fourth-order valence-corrected chi connectivity index (χ4v) is 4.75. The van der Waals surface area contributed by atoms with E-state index in [1.54, 1.807) is 0 Å². The minimum Gasteiger partial charge on any atom is -0.381 e. The summed E-state index contributed by atoms with van der Waals surface area (Å²) >= 11 is 0. The Morgan fingerprint density at radius 3 is 2.33 bits per heavy atom. The van der Waals surface area contributed by atoms with Gasteiger partial charge in [-0.15, -0.1) is 0 Å². The van der Waals surface area contributed by atoms with Crippen molar-refractivity contribution in [2.45, 2.75) is 70.6 Å². The highest BCUT2D eigenvalue weighted by Crippen LogP contribution is 2.33. The average molecular weight is 331 g/mol. The zero-order chi connectivity index (χ0) is 17.2. The maximum atomic E-state index is 5.64. The zero-order valence-electron chi connectivity index (χ0n) is 15.8. The molecule has 1 atom stereocenters. The van der Waals surface area contributed by atoms with Crippen molar-refractivity contribution in [2.75, 3.05) is 19.8 Å². The van der Waals surface area contributed by atoms with Gasteiger partial charge < -0.3 is 10.1 Å². The van der Waals surface area contributed by atoms with E-state index in [0.717, 1.165) is 26.3 Å². The van der Waals surface area contributed by atoms with Crippen molar-refractivity contribution in [3.63, 3.8) is 0 Å². The Balaban J connectivity index is 1.77. The summed E-state index contributed by atoms with van der Waals surface area (Å²) in [6.07, 6.45) is 3.62. The first-order valence-corrected chi connectivity index (χ1v) is 9.48. The lowest BCUT2D eigenvalue weighted by molar-refractivity contribution is 0.0493. The largest absolute Gasteiger partial charge is 0.381 e. The molecule has 0 radical (unpaired) electrons. The summed E-state index contributed by atoms with van der Waals surface area (Å²) in [5, 5.41) is 3.82. The third-order valence-electron chi connectivity index (χ3n) is 5.43. The zero-order valence-corrected chi connectivity index (χ0v) is 15.8. The highest BCUT2D eigenvalue weighted by atomic mass is 16.5. The molecular formula is C21H34N2O. The van der Waals surface area contributed by atoms with Gasteiger partial charge in [-0.1, -0.05) is 30.3 Å². The molecule has 134 valence electrons. The van der Waals surface area contributed by atoms with Crippen LogP contribution >= 0.6 is 0 Å². The summed E-state index contributed by atoms with van der Waals surface area (Å²) in [5.41, 5.74) is 1.80. The number of hydrogen-bond acceptors (Lipinski definition) is 3. The van der Waals surface area contributed by atoms with E-state index in [2.05, 4.69) is 68.2 Å². The maximum absolute atomic E-state index is 5.64. The van der Waals surface area contributed by atoms with Crippen LogP contribution in [0.25, 0.3) is 0 Å². The second kappa shape index (κ2) is 7.15. The van der Waals surface area contributed by atoms with Crippen LogP contribution in [0.1, 0.15) is 52.5 Å². The second-order valence-corrected chi connectivity index (χ2v) is 9.10. The summed E-state index contributed by atoms with van der Waals surface area (Å²) in [6, 6.07) is 11.6. The highest BCUT2D eigenvalue weighted by Gasteiger charge is 2.40. The van der Waals surface area contributed by atoms with Crippen LogP contribution in [0, 0.1) is 5.92 Å². The lowest BCUT2D eigenvalue weighted by Gasteiger charge is -2.50. The molecule has 1 aromatic rings. The highest BCUT2D eigenvalue weighted by molar-refractivity contribution is 5.15. The minimum absolute atomic E-state index is 0.188. The number of benzene rings is 1. The van der Waals surface area contributed by atoms with Gasteiger partial charge in [0.05, 0.1) is 6.61 Å². The first-order chi connectivity index (χ1) is 11.3. The molecule has 1 N–H and O–H groups in total. The van der Waals surface area contributed by atoms with E-state index >= 15 is 0 Å². The van der Waals surface area contributed by atoms with Crippen LogP contribution in [0.15, 0.2) is 30.3 Å². The van der Waals surface area contributed by atoms with Crippen molar-refractivity contribution in [1.29, 1.82) is 0 Å². The van der Waals surface area contributed by atoms with Gasteiger partial charge in [-0.2, -0.15) is 0 Å². The third-order valence-corrected chi connectivity index (χ3v) is 5.43. The summed E-state index contributed by atoms with van der Waals surface area (Å²) in [4.78, 5) is 2.74. The molecule has 0 saturated carbocycles. The predicted molar refractivity (Wildman–Crippen MR) is 100 cm³/mol. The number of hydrogen-bond donors (Lipinski definition) is 1. The predicted octanol–water partition coefficient (Wildman–Crippen LogP) is 3.83. The Morgan fingerprint density at radius 2 is 1.75 bits per heavy atom. The molecular weight excluding hydrogens is 296 g/mol. The fraction of sp³-hybridized carbons (Fsp3) is 0.714. The molecule has 2 saturated heterocycles. The summed E-state index contributed by atoms with van der Waals surface area (Å²) in [7, 11) is 0. The van der Waals surface area contributed by atoms with Crippen molar-refractivity contribution >= 4 is 0 Å². The number of nitrogens with one attached hydrogen (secondary N) is 1. The molecule has 1 aromatic carbocycles. The van der Waals surface area contributed by atoms with E-state index in [-0.39, 0.29) is 11.1 Å². The molecule has 0 aromatic heterocycles. The number of nitrogens with zero attached hydrogens (tertiary/aromatic N) is 1. The summed E-state index contributed by atoms with van der Waals surface area (Å²) in [6.45, 7) is 13.5. The molecule has 3 heteroatoms. The average Bonchev–Trinajstić information content (AvgIpc) is 2.97. The van der Waals surface area contributed by atoms with Gasteiger partial charge in [0.2, 0.25) is 0 Å². The van der Waals surface area contributed by atoms with Gasteiger partial charge in [0.15, 0.2) is 0 Å². The van der Waals surface area contributed by atoms with Gasteiger partial charge in [0.1, 0.15) is 0 Å². The Morgan fingerprint density at radius 1 is 1.08 bits per heavy atom. The Labute approximate surface area is 147 Å². The molecule has 0 bridgehead atoms. The van der Waals surface area contributed by atoms with Crippen LogP contribution in [-0.4, -0.2) is 41.8 Å². The molecule has 2 heterocycles. The molecule has 24 heavy (non-hydrogen) atoms. The van der Waals surface area contributed by atoms with Gasteiger partial charge in [-0.25, -0.2) is 0 Å². The van der Waals surface area contributed by atoms with E-state index in [4.69, 9.17) is 4.74 Å². The maximum Gasteiger partial charge on any atom is 0.0507 e. The third kappa shape index (κ3) is 4.81. The number of piperidine rings is 1. The van der Waals surface area contributed by atoms with Crippen molar-refractivity contribution in [2.24, 2.45) is 5.92 Å². The fourth-order valence-electron chi connectivity index (χ4n) is 4.75. The quantitative estimate of drug-likeness (QED) is 0.888. The Hall–Kier alpha value is -0.900. The lowest BCUT2D eigenvalue weighted by atomic mass is 9.78. The van der Waals surface area contributed by atoms with Crippen molar-refractivity contribution in [3.8, 4) is 0 Å². The van der Waals surface area contributed by atoms with Gasteiger partial charge in [-0.05, 0) is 58.4 Å². The van der Waals surface area contributed by atoms with E-state index in [1.807, 2.05) is 0 Å². The van der Waals surface area contributed by atoms with E-state index < -0.39 is 0 Å². The van der Waals surface area contributed by atoms with E-state index in [9.17, 15) is 0 Å². The Kier molecular flexibility index (Phi) is 5.33. The van der Waals surface area contributed by atoms with Crippen molar-refractivity contribution < 1.29 is 4.74 Å². The molecule has 0 unspecified atom stereocenters. The molecule has 2 fully saturated rings. The standard InChI is InChI=1S/C21H34N2O/c1-20(2)12-19(13-21(3,4)22-20)23(15-18-10-11-24-16-18)14-17-8-6-5-7-9-17/h5-9,18-19,22H,10-16H2,1-4H3/t18-/m1/s1. The van der Waals surface area contributed by atoms with Crippen molar-refractivity contribution in [3.05, 3.63) is 35.9 Å². The first kappa shape index (κ1) is 17.9. The van der Waals surface area contributed by atoms with Crippen LogP contribution in [0.4, 0.5) is 0 Å². The molecule has 0 amide bonds. The number of rotatable bonds is 5. The molecule has 2 aliphatic heterocycles. The van der Waals surface area contributed by atoms with Gasteiger partial charge >= 0.3 is 0 Å². The lowest BCUT2D eigenvalue weighted by Crippen LogP contribution is -2.62. The van der Waals surface area contributed by atoms with Crippen LogP contribution in [0.2, 0.25) is 0 Å². The molecule has 2 aliphatic rings. The first-order valence-electron chi connectivity index (χ1n) is 9.48. The molecule has 0 spiro atoms. The van der Waals surface area contributed by atoms with Gasteiger partial charge in [0.25, 0.3) is 0 Å². The molecule has 3 rings (SSSR count). The van der Waals surface area contributed by atoms with Crippen LogP contribution in [0.3, 0.4) is 0 Å². The van der Waals surface area contributed by atoms with Crippen LogP contribution < -0.4 is 5.32 Å². The Bertz CT molecular complexity index is 504. The minimum atomic E-state index is 0.188. The normalized spacial score (nSPS) is 26.8. The monoisotopic (exact) mass is 330 g/mol. The second-order valence-electron chi connectivity index (χ2n) is 9.10. The smallest absolute Gasteiger partial charge is 0.0507 e.